The Morgan fingerprint density at radius 1 is 1.15 bits per heavy atom. The van der Waals surface area contributed by atoms with E-state index in [0.29, 0.717) is 29.7 Å². The van der Waals surface area contributed by atoms with Crippen molar-refractivity contribution in [2.45, 2.75) is 57.5 Å². The first-order valence-electron chi connectivity index (χ1n) is 13.2. The molecule has 220 valence electrons. The first kappa shape index (κ1) is 31.3. The number of benzene rings is 1. The Balaban J connectivity index is 1.61. The van der Waals surface area contributed by atoms with Crippen LogP contribution in [0.25, 0.3) is 10.9 Å². The Bertz CT molecular complexity index is 1350. The zero-order valence-electron chi connectivity index (χ0n) is 23.6. The van der Waals surface area contributed by atoms with Crippen LogP contribution < -0.4 is 20.9 Å². The summed E-state index contributed by atoms with van der Waals surface area (Å²) in [4.78, 5) is 56.8. The second-order valence-corrected chi connectivity index (χ2v) is 10.9. The van der Waals surface area contributed by atoms with Gasteiger partial charge >= 0.3 is 0 Å². The number of hydrogen-bond donors (Lipinski definition) is 3. The second kappa shape index (κ2) is 13.0. The number of pyridine rings is 1. The Labute approximate surface area is 237 Å². The fourth-order valence-corrected chi connectivity index (χ4v) is 4.35. The lowest BCUT2D eigenvalue weighted by molar-refractivity contribution is -0.131. The molecule has 2 aromatic rings. The Hall–Kier alpha value is -4.18. The van der Waals surface area contributed by atoms with Gasteiger partial charge in [-0.2, -0.15) is 5.26 Å². The van der Waals surface area contributed by atoms with Crippen LogP contribution in [0.1, 0.15) is 50.4 Å². The van der Waals surface area contributed by atoms with Crippen molar-refractivity contribution in [3.63, 3.8) is 0 Å². The fraction of sp³-hybridized carbons (Fsp3) is 0.500. The van der Waals surface area contributed by atoms with Crippen LogP contribution in [0.15, 0.2) is 30.5 Å². The minimum Gasteiger partial charge on any atom is -0.355 e. The summed E-state index contributed by atoms with van der Waals surface area (Å²) in [5.41, 5.74) is 1.02. The molecule has 3 rings (SSSR count). The predicted octanol–water partition coefficient (Wildman–Crippen LogP) is 1.97. The molecule has 1 aliphatic rings. The van der Waals surface area contributed by atoms with Gasteiger partial charge in [-0.15, -0.1) is 0 Å². The molecule has 1 aromatic heterocycles. The standard InChI is InChI=1S/C28H35F2N7O4/c1-27(2,3)35-12-11-33-23(38)7-8-24(39)36(4)18-5-6-22-21(13-18)20(9-10-32-22)26(41)34-16-25(40)37-17-28(29,30)14-19(37)15-31/h5-6,9-10,13,19,35H,7-8,11-12,14,16-17H2,1-4H3,(H,33,38)(H,34,41)/t19-/m0/s1. The summed E-state index contributed by atoms with van der Waals surface area (Å²) in [6.07, 6.45) is 0.669. The first-order valence-corrected chi connectivity index (χ1v) is 13.2. The molecule has 0 radical (unpaired) electrons. The number of hydrogen-bond acceptors (Lipinski definition) is 7. The molecule has 0 spiro atoms. The lowest BCUT2D eigenvalue weighted by atomic mass is 10.1. The summed E-state index contributed by atoms with van der Waals surface area (Å²) in [6.45, 7) is 5.67. The van der Waals surface area contributed by atoms with Gasteiger partial charge in [0.25, 0.3) is 11.8 Å². The van der Waals surface area contributed by atoms with E-state index in [0.717, 1.165) is 4.90 Å². The van der Waals surface area contributed by atoms with E-state index in [1.807, 2.05) is 20.8 Å². The van der Waals surface area contributed by atoms with Crippen LogP contribution in [0.3, 0.4) is 0 Å². The van der Waals surface area contributed by atoms with Crippen molar-refractivity contribution in [2.24, 2.45) is 0 Å². The quantitative estimate of drug-likeness (QED) is 0.370. The highest BCUT2D eigenvalue weighted by Gasteiger charge is 2.47. The molecule has 1 aliphatic heterocycles. The van der Waals surface area contributed by atoms with Crippen LogP contribution in [0.2, 0.25) is 0 Å². The molecule has 41 heavy (non-hydrogen) atoms. The molecule has 1 fully saturated rings. The molecule has 2 heterocycles. The minimum atomic E-state index is -3.16. The van der Waals surface area contributed by atoms with Crippen molar-refractivity contribution < 1.29 is 28.0 Å². The number of anilines is 1. The number of carbonyl (C=O) groups is 4. The van der Waals surface area contributed by atoms with E-state index in [1.165, 1.54) is 17.2 Å². The van der Waals surface area contributed by atoms with E-state index in [2.05, 4.69) is 20.9 Å². The summed E-state index contributed by atoms with van der Waals surface area (Å²) in [5, 5.41) is 18.0. The largest absolute Gasteiger partial charge is 0.355 e. The number of aromatic nitrogens is 1. The van der Waals surface area contributed by atoms with Crippen LogP contribution in [0.5, 0.6) is 0 Å². The van der Waals surface area contributed by atoms with Gasteiger partial charge in [0.05, 0.1) is 30.2 Å². The lowest BCUT2D eigenvalue weighted by Crippen LogP contribution is -2.43. The van der Waals surface area contributed by atoms with Crippen molar-refractivity contribution in [3.05, 3.63) is 36.0 Å². The fourth-order valence-electron chi connectivity index (χ4n) is 4.35. The molecule has 0 saturated carbocycles. The van der Waals surface area contributed by atoms with E-state index >= 15 is 0 Å². The van der Waals surface area contributed by atoms with Gasteiger partial charge < -0.3 is 25.8 Å². The molecule has 13 heteroatoms. The van der Waals surface area contributed by atoms with Crippen LogP contribution in [0.4, 0.5) is 14.5 Å². The third-order valence-corrected chi connectivity index (χ3v) is 6.54. The summed E-state index contributed by atoms with van der Waals surface area (Å²) >= 11 is 0. The average molecular weight is 572 g/mol. The van der Waals surface area contributed by atoms with Gasteiger partial charge in [-0.1, -0.05) is 0 Å². The summed E-state index contributed by atoms with van der Waals surface area (Å²) < 4.78 is 27.4. The van der Waals surface area contributed by atoms with Crippen LogP contribution in [0, 0.1) is 11.3 Å². The number of rotatable bonds is 10. The van der Waals surface area contributed by atoms with Gasteiger partial charge in [-0.25, -0.2) is 8.78 Å². The number of fused-ring (bicyclic) bond motifs is 1. The molecule has 0 unspecified atom stereocenters. The van der Waals surface area contributed by atoms with E-state index in [4.69, 9.17) is 5.26 Å². The number of amides is 4. The third kappa shape index (κ3) is 8.65. The monoisotopic (exact) mass is 571 g/mol. The number of alkyl halides is 2. The van der Waals surface area contributed by atoms with Gasteiger partial charge in [-0.05, 0) is 45.0 Å². The van der Waals surface area contributed by atoms with Gasteiger partial charge in [0.1, 0.15) is 6.04 Å². The molecule has 0 aliphatic carbocycles. The van der Waals surface area contributed by atoms with Gasteiger partial charge in [0, 0.05) is 62.2 Å². The Morgan fingerprint density at radius 2 is 1.88 bits per heavy atom. The molecule has 11 nitrogen and oxygen atoms in total. The summed E-state index contributed by atoms with van der Waals surface area (Å²) in [5.74, 6) is -5.14. The zero-order valence-corrected chi connectivity index (χ0v) is 23.6. The van der Waals surface area contributed by atoms with Crippen LogP contribution in [-0.4, -0.2) is 84.2 Å². The maximum absolute atomic E-state index is 13.7. The van der Waals surface area contributed by atoms with E-state index in [1.54, 1.807) is 31.3 Å². The van der Waals surface area contributed by atoms with Crippen molar-refractivity contribution >= 4 is 40.2 Å². The normalized spacial score (nSPS) is 16.2. The highest BCUT2D eigenvalue weighted by molar-refractivity contribution is 6.08. The van der Waals surface area contributed by atoms with E-state index in [9.17, 15) is 28.0 Å². The van der Waals surface area contributed by atoms with E-state index < -0.39 is 43.3 Å². The number of nitriles is 1. The molecule has 3 N–H and O–H groups in total. The number of nitrogens with one attached hydrogen (secondary N) is 3. The number of likely N-dealkylation sites (tertiary alicyclic amines) is 1. The van der Waals surface area contributed by atoms with Crippen molar-refractivity contribution in [2.75, 3.05) is 38.1 Å². The highest BCUT2D eigenvalue weighted by atomic mass is 19.3. The van der Waals surface area contributed by atoms with Crippen molar-refractivity contribution in [1.82, 2.24) is 25.8 Å². The summed E-state index contributed by atoms with van der Waals surface area (Å²) in [7, 11) is 1.56. The first-order chi connectivity index (χ1) is 19.2. The maximum Gasteiger partial charge on any atom is 0.268 e. The Kier molecular flexibility index (Phi) is 9.93. The second-order valence-electron chi connectivity index (χ2n) is 10.9. The Morgan fingerprint density at radius 3 is 2.56 bits per heavy atom. The predicted molar refractivity (Wildman–Crippen MR) is 148 cm³/mol. The number of halogens is 2. The number of nitrogens with zero attached hydrogens (tertiary/aromatic N) is 4. The smallest absolute Gasteiger partial charge is 0.268 e. The van der Waals surface area contributed by atoms with Gasteiger partial charge in [0.2, 0.25) is 17.7 Å². The topological polar surface area (TPSA) is 148 Å². The summed E-state index contributed by atoms with van der Waals surface area (Å²) in [6, 6.07) is 6.77. The van der Waals surface area contributed by atoms with Crippen molar-refractivity contribution in [1.29, 1.82) is 5.26 Å². The molecule has 1 aromatic carbocycles. The van der Waals surface area contributed by atoms with Crippen LogP contribution in [-0.2, 0) is 14.4 Å². The van der Waals surface area contributed by atoms with Gasteiger partial charge in [-0.3, -0.25) is 24.2 Å². The molecule has 4 amide bonds. The zero-order chi connectivity index (χ0) is 30.4. The molecule has 0 bridgehead atoms. The molecular formula is C28H35F2N7O4. The third-order valence-electron chi connectivity index (χ3n) is 6.54. The highest BCUT2D eigenvalue weighted by Crippen LogP contribution is 2.31. The lowest BCUT2D eigenvalue weighted by Gasteiger charge is -2.20. The maximum atomic E-state index is 13.7. The van der Waals surface area contributed by atoms with Gasteiger partial charge in [0.15, 0.2) is 0 Å². The van der Waals surface area contributed by atoms with E-state index in [-0.39, 0.29) is 35.8 Å². The minimum absolute atomic E-state index is 0.0190. The molecule has 1 atom stereocenters. The average Bonchev–Trinajstić information content (AvgIpc) is 3.25. The molecule has 1 saturated heterocycles. The molecular weight excluding hydrogens is 536 g/mol. The SMILES string of the molecule is CN(C(=O)CCC(=O)NCCNC(C)(C)C)c1ccc2nccc(C(=O)NCC(=O)N3CC(F)(F)C[C@H]3C#N)c2c1. The number of carbonyl (C=O) groups excluding carboxylic acids is 4. The van der Waals surface area contributed by atoms with Crippen LogP contribution >= 0.6 is 0 Å². The van der Waals surface area contributed by atoms with Crippen molar-refractivity contribution in [3.8, 4) is 6.07 Å².